The Hall–Kier alpha value is -1.03. The largest absolute Gasteiger partial charge is 0.356 e. The SMILES string of the molecule is CC(C)C(CNC(=O)CCSc1ccccc1F)C(C)C. The number of carbonyl (C=O) groups excluding carboxylic acids is 1. The fourth-order valence-electron chi connectivity index (χ4n) is 2.38. The van der Waals surface area contributed by atoms with Crippen LogP contribution >= 0.6 is 11.8 Å². The molecule has 0 saturated carbocycles. The summed E-state index contributed by atoms with van der Waals surface area (Å²) in [5, 5.41) is 3.00. The summed E-state index contributed by atoms with van der Waals surface area (Å²) in [6.45, 7) is 9.46. The number of rotatable bonds is 8. The number of benzene rings is 1. The molecule has 0 fully saturated rings. The highest BCUT2D eigenvalue weighted by atomic mass is 32.2. The van der Waals surface area contributed by atoms with Gasteiger partial charge in [-0.3, -0.25) is 4.79 Å². The lowest BCUT2D eigenvalue weighted by Gasteiger charge is -2.25. The Morgan fingerprint density at radius 3 is 2.38 bits per heavy atom. The predicted octanol–water partition coefficient (Wildman–Crippen LogP) is 4.35. The van der Waals surface area contributed by atoms with Crippen LogP contribution in [0.2, 0.25) is 0 Å². The van der Waals surface area contributed by atoms with Crippen LogP contribution in [0.25, 0.3) is 0 Å². The summed E-state index contributed by atoms with van der Waals surface area (Å²) >= 11 is 1.39. The first-order chi connectivity index (χ1) is 9.91. The van der Waals surface area contributed by atoms with Crippen molar-refractivity contribution in [2.75, 3.05) is 12.3 Å². The van der Waals surface area contributed by atoms with Crippen LogP contribution in [-0.2, 0) is 4.79 Å². The van der Waals surface area contributed by atoms with Gasteiger partial charge in [0.2, 0.25) is 5.91 Å². The van der Waals surface area contributed by atoms with Gasteiger partial charge in [0, 0.05) is 23.6 Å². The van der Waals surface area contributed by atoms with Gasteiger partial charge in [0.25, 0.3) is 0 Å². The van der Waals surface area contributed by atoms with Crippen molar-refractivity contribution < 1.29 is 9.18 Å². The quantitative estimate of drug-likeness (QED) is 0.723. The predicted molar refractivity (Wildman–Crippen MR) is 87.9 cm³/mol. The molecular formula is C17H26FNOS. The molecule has 1 amide bonds. The minimum Gasteiger partial charge on any atom is -0.356 e. The first kappa shape index (κ1) is 18.0. The molecule has 0 atom stereocenters. The van der Waals surface area contributed by atoms with Crippen LogP contribution in [0.4, 0.5) is 4.39 Å². The van der Waals surface area contributed by atoms with Crippen molar-refractivity contribution in [3.63, 3.8) is 0 Å². The molecule has 2 nitrogen and oxygen atoms in total. The summed E-state index contributed by atoms with van der Waals surface area (Å²) in [6.07, 6.45) is 0.419. The Kier molecular flexibility index (Phi) is 7.79. The van der Waals surface area contributed by atoms with Gasteiger partial charge in [-0.15, -0.1) is 11.8 Å². The van der Waals surface area contributed by atoms with Gasteiger partial charge in [-0.2, -0.15) is 0 Å². The number of hydrogen-bond acceptors (Lipinski definition) is 2. The minimum absolute atomic E-state index is 0.0464. The third-order valence-electron chi connectivity index (χ3n) is 3.67. The number of carbonyl (C=O) groups is 1. The highest BCUT2D eigenvalue weighted by Crippen LogP contribution is 2.22. The van der Waals surface area contributed by atoms with Crippen LogP contribution in [0.5, 0.6) is 0 Å². The van der Waals surface area contributed by atoms with Crippen LogP contribution < -0.4 is 5.32 Å². The van der Waals surface area contributed by atoms with E-state index >= 15 is 0 Å². The second kappa shape index (κ2) is 9.08. The van der Waals surface area contributed by atoms with E-state index in [1.165, 1.54) is 17.8 Å². The van der Waals surface area contributed by atoms with Crippen molar-refractivity contribution in [3.8, 4) is 0 Å². The maximum atomic E-state index is 13.4. The molecule has 21 heavy (non-hydrogen) atoms. The average Bonchev–Trinajstić information content (AvgIpc) is 2.40. The Morgan fingerprint density at radius 1 is 1.19 bits per heavy atom. The molecule has 0 saturated heterocycles. The molecule has 1 N–H and O–H groups in total. The smallest absolute Gasteiger partial charge is 0.220 e. The summed E-state index contributed by atoms with van der Waals surface area (Å²) < 4.78 is 13.4. The molecule has 0 aliphatic rings. The molecule has 4 heteroatoms. The van der Waals surface area contributed by atoms with Gasteiger partial charge in [-0.25, -0.2) is 4.39 Å². The van der Waals surface area contributed by atoms with E-state index in [-0.39, 0.29) is 11.7 Å². The van der Waals surface area contributed by atoms with E-state index < -0.39 is 0 Å². The van der Waals surface area contributed by atoms with Crippen LogP contribution in [0, 0.1) is 23.6 Å². The monoisotopic (exact) mass is 311 g/mol. The van der Waals surface area contributed by atoms with E-state index in [1.807, 2.05) is 0 Å². The second-order valence-corrected chi connectivity index (χ2v) is 7.12. The topological polar surface area (TPSA) is 29.1 Å². The molecule has 0 bridgehead atoms. The van der Waals surface area contributed by atoms with E-state index in [0.29, 0.717) is 34.8 Å². The Labute approximate surface area is 131 Å². The molecule has 0 aliphatic carbocycles. The summed E-state index contributed by atoms with van der Waals surface area (Å²) in [6, 6.07) is 6.66. The van der Waals surface area contributed by atoms with E-state index in [9.17, 15) is 9.18 Å². The molecule has 118 valence electrons. The van der Waals surface area contributed by atoms with Gasteiger partial charge in [-0.1, -0.05) is 39.8 Å². The fraction of sp³-hybridized carbons (Fsp3) is 0.588. The van der Waals surface area contributed by atoms with Gasteiger partial charge >= 0.3 is 0 Å². The van der Waals surface area contributed by atoms with Crippen molar-refractivity contribution >= 4 is 17.7 Å². The Morgan fingerprint density at radius 2 is 1.81 bits per heavy atom. The van der Waals surface area contributed by atoms with Crippen LogP contribution in [-0.4, -0.2) is 18.2 Å². The molecule has 0 aromatic heterocycles. The first-order valence-electron chi connectivity index (χ1n) is 7.55. The number of hydrogen-bond donors (Lipinski definition) is 1. The van der Waals surface area contributed by atoms with Gasteiger partial charge in [0.1, 0.15) is 5.82 Å². The summed E-state index contributed by atoms with van der Waals surface area (Å²) in [5.41, 5.74) is 0. The van der Waals surface area contributed by atoms with Gasteiger partial charge in [-0.05, 0) is 29.9 Å². The van der Waals surface area contributed by atoms with E-state index in [4.69, 9.17) is 0 Å². The van der Waals surface area contributed by atoms with E-state index in [2.05, 4.69) is 33.0 Å². The van der Waals surface area contributed by atoms with Crippen LogP contribution in [0.1, 0.15) is 34.1 Å². The third-order valence-corrected chi connectivity index (χ3v) is 4.72. The van der Waals surface area contributed by atoms with Crippen LogP contribution in [0.3, 0.4) is 0 Å². The maximum absolute atomic E-state index is 13.4. The van der Waals surface area contributed by atoms with E-state index in [1.54, 1.807) is 18.2 Å². The number of nitrogens with one attached hydrogen (secondary N) is 1. The normalized spacial score (nSPS) is 11.4. The zero-order valence-corrected chi connectivity index (χ0v) is 14.2. The highest BCUT2D eigenvalue weighted by Gasteiger charge is 2.18. The van der Waals surface area contributed by atoms with Crippen molar-refractivity contribution in [2.24, 2.45) is 17.8 Å². The number of halogens is 1. The van der Waals surface area contributed by atoms with Crippen molar-refractivity contribution in [2.45, 2.75) is 39.0 Å². The molecule has 0 aliphatic heterocycles. The minimum atomic E-state index is -0.220. The molecule has 0 spiro atoms. The standard InChI is InChI=1S/C17H26FNOS/c1-12(2)14(13(3)4)11-19-17(20)9-10-21-16-8-6-5-7-15(16)18/h5-8,12-14H,9-11H2,1-4H3,(H,19,20). The average molecular weight is 311 g/mol. The lowest BCUT2D eigenvalue weighted by atomic mass is 9.85. The summed E-state index contributed by atoms with van der Waals surface area (Å²) in [7, 11) is 0. The zero-order valence-electron chi connectivity index (χ0n) is 13.4. The Balaban J connectivity index is 2.30. The molecule has 1 rings (SSSR count). The van der Waals surface area contributed by atoms with E-state index in [0.717, 1.165) is 6.54 Å². The maximum Gasteiger partial charge on any atom is 0.220 e. The van der Waals surface area contributed by atoms with Crippen molar-refractivity contribution in [3.05, 3.63) is 30.1 Å². The fourth-order valence-corrected chi connectivity index (χ4v) is 3.26. The van der Waals surface area contributed by atoms with Crippen molar-refractivity contribution in [1.29, 1.82) is 0 Å². The number of thioether (sulfide) groups is 1. The summed E-state index contributed by atoms with van der Waals surface area (Å²) in [4.78, 5) is 12.5. The third kappa shape index (κ3) is 6.51. The second-order valence-electron chi connectivity index (χ2n) is 5.98. The molecule has 0 unspecified atom stereocenters. The molecule has 1 aromatic carbocycles. The molecule has 0 radical (unpaired) electrons. The van der Waals surface area contributed by atoms with Crippen molar-refractivity contribution in [1.82, 2.24) is 5.32 Å². The Bertz CT molecular complexity index is 440. The molecule has 0 heterocycles. The zero-order chi connectivity index (χ0) is 15.8. The molecular weight excluding hydrogens is 285 g/mol. The lowest BCUT2D eigenvalue weighted by Crippen LogP contribution is -2.34. The lowest BCUT2D eigenvalue weighted by molar-refractivity contribution is -0.121. The van der Waals surface area contributed by atoms with Gasteiger partial charge in [0.15, 0.2) is 0 Å². The molecule has 1 aromatic rings. The van der Waals surface area contributed by atoms with Gasteiger partial charge in [0.05, 0.1) is 0 Å². The highest BCUT2D eigenvalue weighted by molar-refractivity contribution is 7.99. The summed E-state index contributed by atoms with van der Waals surface area (Å²) in [5.74, 6) is 2.03. The van der Waals surface area contributed by atoms with Crippen LogP contribution in [0.15, 0.2) is 29.2 Å². The first-order valence-corrected chi connectivity index (χ1v) is 8.54. The van der Waals surface area contributed by atoms with Gasteiger partial charge < -0.3 is 5.32 Å². The number of amides is 1.